The van der Waals surface area contributed by atoms with Crippen LogP contribution in [0.3, 0.4) is 0 Å². The van der Waals surface area contributed by atoms with Crippen LogP contribution in [0.25, 0.3) is 11.1 Å². The normalized spacial score (nSPS) is 20.1. The molecular formula is C32H40Cl2Zr. The van der Waals surface area contributed by atoms with Crippen molar-refractivity contribution < 1.29 is 21.3 Å². The van der Waals surface area contributed by atoms with Crippen molar-refractivity contribution in [2.45, 2.75) is 81.2 Å². The zero-order valence-electron chi connectivity index (χ0n) is 21.1. The topological polar surface area (TPSA) is 0 Å². The Kier molecular flexibility index (Phi) is 9.51. The molecule has 0 unspecified atom stereocenters. The largest absolute Gasteiger partial charge is 0.147 e. The minimum atomic E-state index is -2.22. The molecule has 2 fully saturated rings. The van der Waals surface area contributed by atoms with Gasteiger partial charge in [-0.1, -0.05) is 0 Å². The van der Waals surface area contributed by atoms with Crippen molar-refractivity contribution in [3.8, 4) is 11.1 Å². The van der Waals surface area contributed by atoms with E-state index in [1.807, 2.05) is 3.28 Å². The van der Waals surface area contributed by atoms with Gasteiger partial charge < -0.3 is 0 Å². The quantitative estimate of drug-likeness (QED) is 0.335. The van der Waals surface area contributed by atoms with E-state index in [2.05, 4.69) is 70.8 Å². The van der Waals surface area contributed by atoms with Crippen LogP contribution in [0, 0.1) is 11.8 Å². The van der Waals surface area contributed by atoms with Gasteiger partial charge in [-0.15, -0.1) is 24.8 Å². The summed E-state index contributed by atoms with van der Waals surface area (Å²) < 4.78 is 4.79. The molecule has 186 valence electrons. The maximum atomic E-state index is 2.50. The molecule has 0 radical (unpaired) electrons. The average Bonchev–Trinajstić information content (AvgIpc) is 3.45. The number of allylic oxidation sites excluding steroid dienone is 4. The number of rotatable bonds is 4. The molecule has 0 N–H and O–H groups in total. The first kappa shape index (κ1) is 27.3. The van der Waals surface area contributed by atoms with Crippen LogP contribution < -0.4 is 0 Å². The molecule has 2 aromatic rings. The predicted molar refractivity (Wildman–Crippen MR) is 153 cm³/mol. The number of halogens is 2. The molecule has 0 spiro atoms. The molecule has 0 heterocycles. The van der Waals surface area contributed by atoms with E-state index in [0.717, 1.165) is 11.8 Å². The Balaban J connectivity index is 0.00000144. The number of hydrogen-bond donors (Lipinski definition) is 0. The van der Waals surface area contributed by atoms with Crippen molar-refractivity contribution >= 4 is 28.0 Å². The molecule has 6 rings (SSSR count). The van der Waals surface area contributed by atoms with E-state index in [-0.39, 0.29) is 24.8 Å². The predicted octanol–water partition coefficient (Wildman–Crippen LogP) is 9.79. The summed E-state index contributed by atoms with van der Waals surface area (Å²) in [6.45, 7) is 2.44. The first-order chi connectivity index (χ1) is 16.3. The second kappa shape index (κ2) is 12.2. The summed E-state index contributed by atoms with van der Waals surface area (Å²) in [6.07, 6.45) is 20.9. The van der Waals surface area contributed by atoms with E-state index in [0.29, 0.717) is 3.63 Å². The third-order valence-corrected chi connectivity index (χ3v) is 18.6. The Morgan fingerprint density at radius 3 is 1.63 bits per heavy atom. The van der Waals surface area contributed by atoms with Crippen molar-refractivity contribution in [3.63, 3.8) is 0 Å². The Hall–Kier alpha value is -0.747. The summed E-state index contributed by atoms with van der Waals surface area (Å²) >= 11 is -2.22. The van der Waals surface area contributed by atoms with Gasteiger partial charge in [0.05, 0.1) is 0 Å². The minimum absolute atomic E-state index is 0. The summed E-state index contributed by atoms with van der Waals surface area (Å²) in [5, 5.41) is 0. The van der Waals surface area contributed by atoms with Crippen LogP contribution in [-0.4, -0.2) is 3.21 Å². The van der Waals surface area contributed by atoms with Gasteiger partial charge >= 0.3 is 209 Å². The second-order valence-electron chi connectivity index (χ2n) is 10.9. The van der Waals surface area contributed by atoms with Crippen LogP contribution in [-0.2, 0) is 21.3 Å². The number of benzene rings is 2. The van der Waals surface area contributed by atoms with Crippen molar-refractivity contribution in [2.75, 3.05) is 0 Å². The maximum absolute atomic E-state index is 2.50. The summed E-state index contributed by atoms with van der Waals surface area (Å²) in [4.78, 5) is 0. The molecule has 0 nitrogen and oxygen atoms in total. The zero-order valence-corrected chi connectivity index (χ0v) is 25.2. The molecule has 2 aromatic carbocycles. The zero-order chi connectivity index (χ0) is 22.2. The molecular weight excluding hydrogens is 546 g/mol. The monoisotopic (exact) mass is 584 g/mol. The summed E-state index contributed by atoms with van der Waals surface area (Å²) in [5.41, 5.74) is 8.04. The van der Waals surface area contributed by atoms with Gasteiger partial charge in [0.1, 0.15) is 0 Å². The molecule has 35 heavy (non-hydrogen) atoms. The molecule has 0 amide bonds. The van der Waals surface area contributed by atoms with Gasteiger partial charge in [-0.2, -0.15) is 0 Å². The first-order valence-electron chi connectivity index (χ1n) is 13.6. The van der Waals surface area contributed by atoms with Gasteiger partial charge in [0.2, 0.25) is 0 Å². The molecule has 0 atom stereocenters. The van der Waals surface area contributed by atoms with E-state index >= 15 is 0 Å². The van der Waals surface area contributed by atoms with Gasteiger partial charge in [-0.05, 0) is 0 Å². The Morgan fingerprint density at radius 2 is 1.17 bits per heavy atom. The van der Waals surface area contributed by atoms with E-state index < -0.39 is 21.3 Å². The van der Waals surface area contributed by atoms with E-state index in [1.165, 1.54) is 81.8 Å². The fraction of sp³-hybridized carbons (Fsp3) is 0.469. The van der Waals surface area contributed by atoms with Crippen molar-refractivity contribution in [2.24, 2.45) is 11.8 Å². The SMILES string of the molecule is CC1=[C]([Zr](=[C](C2CCCCC2)C2CCCCC2)[CH]2c3ccccc3-c3ccccc32)CC=C1.Cl.Cl. The smallest absolute Gasteiger partial charge is 0.147 e. The summed E-state index contributed by atoms with van der Waals surface area (Å²) in [6, 6.07) is 19.0. The molecule has 0 bridgehead atoms. The van der Waals surface area contributed by atoms with Crippen LogP contribution in [0.5, 0.6) is 0 Å². The third-order valence-electron chi connectivity index (χ3n) is 9.01. The van der Waals surface area contributed by atoms with E-state index in [4.69, 9.17) is 0 Å². The molecule has 3 heteroatoms. The van der Waals surface area contributed by atoms with E-state index in [9.17, 15) is 0 Å². The van der Waals surface area contributed by atoms with Crippen molar-refractivity contribution in [3.05, 3.63) is 80.7 Å². The third kappa shape index (κ3) is 5.17. The Bertz CT molecular complexity index is 1060. The van der Waals surface area contributed by atoms with Crippen molar-refractivity contribution in [1.82, 2.24) is 0 Å². The maximum Gasteiger partial charge on any atom is -0.147 e. The molecule has 0 aromatic heterocycles. The molecule has 2 saturated carbocycles. The van der Waals surface area contributed by atoms with Gasteiger partial charge in [-0.3, -0.25) is 0 Å². The van der Waals surface area contributed by atoms with Crippen LogP contribution in [0.15, 0.2) is 69.5 Å². The average molecular weight is 587 g/mol. The molecule has 4 aliphatic rings. The van der Waals surface area contributed by atoms with E-state index in [1.54, 1.807) is 16.7 Å². The van der Waals surface area contributed by atoms with Gasteiger partial charge in [-0.25, -0.2) is 0 Å². The van der Waals surface area contributed by atoms with Crippen LogP contribution in [0.1, 0.15) is 92.3 Å². The van der Waals surface area contributed by atoms with Crippen LogP contribution in [0.4, 0.5) is 0 Å². The Labute approximate surface area is 232 Å². The van der Waals surface area contributed by atoms with Gasteiger partial charge in [0.25, 0.3) is 0 Å². The molecule has 0 saturated heterocycles. The standard InChI is InChI=1S/C13H9.C13H22.C6H7.2ClH.Zr/c1-3-7-12-10(5-1)9-11-6-2-4-8-13(11)12;1-3-7-12(8-4-1)11-13-9-5-2-6-10-13;1-6-4-2-3-5-6;;;/h1-9H;12-13H,1-10H2;2,4H,3H2,1H3;2*1H;. The van der Waals surface area contributed by atoms with Crippen molar-refractivity contribution in [1.29, 1.82) is 0 Å². The fourth-order valence-electron chi connectivity index (χ4n) is 7.52. The molecule has 0 aliphatic heterocycles. The molecule has 4 aliphatic carbocycles. The fourth-order valence-corrected chi connectivity index (χ4v) is 18.5. The van der Waals surface area contributed by atoms with Gasteiger partial charge in [0.15, 0.2) is 0 Å². The Morgan fingerprint density at radius 1 is 0.686 bits per heavy atom. The summed E-state index contributed by atoms with van der Waals surface area (Å²) in [5.74, 6) is 1.83. The number of hydrogen-bond acceptors (Lipinski definition) is 0. The van der Waals surface area contributed by atoms with Crippen LogP contribution in [0.2, 0.25) is 0 Å². The second-order valence-corrected chi connectivity index (χ2v) is 17.3. The first-order valence-corrected chi connectivity index (χ1v) is 17.5. The number of fused-ring (bicyclic) bond motifs is 3. The minimum Gasteiger partial charge on any atom is -0.147 e. The van der Waals surface area contributed by atoms with Gasteiger partial charge in [0, 0.05) is 0 Å². The van der Waals surface area contributed by atoms with Crippen LogP contribution >= 0.6 is 24.8 Å². The summed E-state index contributed by atoms with van der Waals surface area (Å²) in [7, 11) is 0.